The van der Waals surface area contributed by atoms with Gasteiger partial charge in [0, 0.05) is 70.1 Å². The highest BCUT2D eigenvalue weighted by Crippen LogP contribution is 2.43. The van der Waals surface area contributed by atoms with Gasteiger partial charge in [-0.15, -0.1) is 5.10 Å². The Morgan fingerprint density at radius 1 is 1.02 bits per heavy atom. The summed E-state index contributed by atoms with van der Waals surface area (Å²) in [7, 11) is 3.33. The maximum atomic E-state index is 14.0. The van der Waals surface area contributed by atoms with Crippen LogP contribution in [0.25, 0.3) is 27.9 Å². The van der Waals surface area contributed by atoms with Gasteiger partial charge >= 0.3 is 5.76 Å². The number of aromatic amines is 1. The van der Waals surface area contributed by atoms with Crippen molar-refractivity contribution in [1.29, 1.82) is 0 Å². The van der Waals surface area contributed by atoms with Gasteiger partial charge in [-0.1, -0.05) is 18.2 Å². The molecule has 1 atom stereocenters. The number of aryl methyl sites for hydroxylation is 1. The normalized spacial score (nSPS) is 22.2. The summed E-state index contributed by atoms with van der Waals surface area (Å²) in [4.78, 5) is 47.3. The third-order valence-electron chi connectivity index (χ3n) is 11.0. The summed E-state index contributed by atoms with van der Waals surface area (Å²) in [5.74, 6) is 1.00. The van der Waals surface area contributed by atoms with Crippen molar-refractivity contribution in [3.63, 3.8) is 0 Å². The first-order valence-electron chi connectivity index (χ1n) is 17.2. The van der Waals surface area contributed by atoms with Gasteiger partial charge in [0.2, 0.25) is 17.7 Å². The maximum Gasteiger partial charge on any atom is 0.437 e. The van der Waals surface area contributed by atoms with Crippen LogP contribution in [0.3, 0.4) is 0 Å². The fourth-order valence-electron chi connectivity index (χ4n) is 7.98. The third-order valence-corrected chi connectivity index (χ3v) is 11.0. The quantitative estimate of drug-likeness (QED) is 0.316. The number of hydrogen-bond donors (Lipinski definition) is 1. The van der Waals surface area contributed by atoms with Crippen LogP contribution in [0, 0.1) is 5.41 Å². The zero-order valence-electron chi connectivity index (χ0n) is 28.1. The molecule has 0 radical (unpaired) electrons. The molecule has 0 saturated carbocycles. The van der Waals surface area contributed by atoms with Gasteiger partial charge < -0.3 is 23.9 Å². The standard InChI is InChI=1S/C36H42N8O5/c1-40-35(47)49-33(39-40)26-5-3-24(4-6-26)25-9-15-42(16-10-25)31(45)22-41-19-13-36(23-41)14-20-44(34(36)46)27-7-8-30-29(21-27)32(38-37-30)43-17-11-28(48-2)12-18-43/h3-9,21,28H,10-20,22-23H2,1-2H3,(H,37,38)/t36-/m0/s1. The molecule has 3 fully saturated rings. The molecule has 4 aliphatic heterocycles. The average Bonchev–Trinajstić information content (AvgIpc) is 3.91. The molecule has 13 nitrogen and oxygen atoms in total. The second-order valence-corrected chi connectivity index (χ2v) is 13.8. The van der Waals surface area contributed by atoms with Crippen LogP contribution < -0.4 is 15.6 Å². The number of hydrogen-bond acceptors (Lipinski definition) is 9. The van der Waals surface area contributed by atoms with Crippen molar-refractivity contribution < 1.29 is 18.7 Å². The number of piperidine rings is 1. The van der Waals surface area contributed by atoms with E-state index in [1.54, 1.807) is 14.2 Å². The summed E-state index contributed by atoms with van der Waals surface area (Å²) in [5, 5.41) is 13.0. The SMILES string of the molecule is COC1CCN(c2n[nH]c3ccc(N4CC[C@]5(CCN(CC(=O)N6CC=C(c7ccc(-c8nn(C)c(=O)o8)cc7)CC6)C5)C4=O)cc23)CC1. The Labute approximate surface area is 284 Å². The lowest BCUT2D eigenvalue weighted by atomic mass is 9.85. The van der Waals surface area contributed by atoms with Crippen LogP contribution in [-0.4, -0.2) is 107 Å². The minimum Gasteiger partial charge on any atom is -0.388 e. The zero-order valence-corrected chi connectivity index (χ0v) is 28.1. The van der Waals surface area contributed by atoms with Gasteiger partial charge in [0.25, 0.3) is 0 Å². The second-order valence-electron chi connectivity index (χ2n) is 13.8. The summed E-state index contributed by atoms with van der Waals surface area (Å²) < 4.78 is 11.9. The molecule has 0 bridgehead atoms. The third kappa shape index (κ3) is 5.84. The Kier molecular flexibility index (Phi) is 8.11. The van der Waals surface area contributed by atoms with Crippen LogP contribution in [0.15, 0.2) is 57.8 Å². The molecule has 0 unspecified atom stereocenters. The zero-order chi connectivity index (χ0) is 33.7. The van der Waals surface area contributed by atoms with E-state index in [9.17, 15) is 14.4 Å². The number of carbonyl (C=O) groups is 2. The minimum atomic E-state index is -0.494. The van der Waals surface area contributed by atoms with Crippen LogP contribution in [0.5, 0.6) is 0 Å². The molecule has 1 spiro atoms. The number of amides is 2. The molecule has 1 N–H and O–H groups in total. The van der Waals surface area contributed by atoms with Crippen LogP contribution in [-0.2, 0) is 21.4 Å². The molecule has 49 heavy (non-hydrogen) atoms. The van der Waals surface area contributed by atoms with Crippen LogP contribution in [0.1, 0.15) is 37.7 Å². The highest BCUT2D eigenvalue weighted by atomic mass is 16.5. The molecular weight excluding hydrogens is 624 g/mol. The van der Waals surface area contributed by atoms with E-state index in [1.165, 1.54) is 10.3 Å². The van der Waals surface area contributed by atoms with Gasteiger partial charge in [0.1, 0.15) is 0 Å². The Balaban J connectivity index is 0.875. The van der Waals surface area contributed by atoms with Gasteiger partial charge in [0.15, 0.2) is 5.82 Å². The van der Waals surface area contributed by atoms with Crippen molar-refractivity contribution in [2.75, 3.05) is 69.3 Å². The van der Waals surface area contributed by atoms with E-state index < -0.39 is 11.2 Å². The summed E-state index contributed by atoms with van der Waals surface area (Å²) in [6, 6.07) is 13.9. The molecule has 2 aromatic heterocycles. The van der Waals surface area contributed by atoms with Crippen molar-refractivity contribution in [2.45, 2.75) is 38.2 Å². The highest BCUT2D eigenvalue weighted by molar-refractivity contribution is 6.03. The molecule has 6 heterocycles. The summed E-state index contributed by atoms with van der Waals surface area (Å²) >= 11 is 0. The number of nitrogens with one attached hydrogen (secondary N) is 1. The molecule has 256 valence electrons. The van der Waals surface area contributed by atoms with E-state index in [0.717, 1.165) is 85.3 Å². The number of H-pyrrole nitrogens is 1. The number of ether oxygens (including phenoxy) is 1. The maximum absolute atomic E-state index is 14.0. The number of benzene rings is 2. The Hall–Kier alpha value is -4.75. The number of fused-ring (bicyclic) bond motifs is 1. The molecule has 4 aromatic rings. The number of aromatic nitrogens is 4. The first-order chi connectivity index (χ1) is 23.8. The number of carbonyl (C=O) groups excluding carboxylic acids is 2. The number of rotatable bonds is 7. The van der Waals surface area contributed by atoms with E-state index >= 15 is 0 Å². The Morgan fingerprint density at radius 2 is 1.80 bits per heavy atom. The highest BCUT2D eigenvalue weighted by Gasteiger charge is 2.51. The number of nitrogens with zero attached hydrogens (tertiary/aromatic N) is 7. The molecule has 0 aliphatic carbocycles. The number of methoxy groups -OCH3 is 1. The van der Waals surface area contributed by atoms with Crippen molar-refractivity contribution >= 4 is 39.8 Å². The Bertz CT molecular complexity index is 1970. The predicted molar refractivity (Wildman–Crippen MR) is 185 cm³/mol. The average molecular weight is 667 g/mol. The smallest absolute Gasteiger partial charge is 0.388 e. The summed E-state index contributed by atoms with van der Waals surface area (Å²) in [5.41, 5.74) is 4.43. The first-order valence-corrected chi connectivity index (χ1v) is 17.2. The van der Waals surface area contributed by atoms with Crippen molar-refractivity contribution in [3.05, 3.63) is 64.7 Å². The van der Waals surface area contributed by atoms with Crippen molar-refractivity contribution in [1.82, 2.24) is 29.8 Å². The predicted octanol–water partition coefficient (Wildman–Crippen LogP) is 3.28. The monoisotopic (exact) mass is 666 g/mol. The van der Waals surface area contributed by atoms with Crippen LogP contribution in [0.2, 0.25) is 0 Å². The van der Waals surface area contributed by atoms with E-state index in [-0.39, 0.29) is 11.8 Å². The number of anilines is 2. The number of likely N-dealkylation sites (tertiary alicyclic amines) is 1. The molecule has 2 amide bonds. The summed E-state index contributed by atoms with van der Waals surface area (Å²) in [6.45, 7) is 5.34. The van der Waals surface area contributed by atoms with Crippen molar-refractivity contribution in [2.24, 2.45) is 12.5 Å². The van der Waals surface area contributed by atoms with Crippen molar-refractivity contribution in [3.8, 4) is 11.5 Å². The molecular formula is C36H42N8O5. The lowest BCUT2D eigenvalue weighted by Crippen LogP contribution is -2.43. The van der Waals surface area contributed by atoms with E-state index in [0.29, 0.717) is 44.7 Å². The lowest BCUT2D eigenvalue weighted by Gasteiger charge is -2.31. The molecule has 8 rings (SSSR count). The molecule has 4 aliphatic rings. The second kappa shape index (κ2) is 12.6. The van der Waals surface area contributed by atoms with E-state index in [2.05, 4.69) is 37.2 Å². The van der Waals surface area contributed by atoms with Crippen LogP contribution in [0.4, 0.5) is 11.5 Å². The fraction of sp³-hybridized carbons (Fsp3) is 0.472. The molecule has 3 saturated heterocycles. The largest absolute Gasteiger partial charge is 0.437 e. The summed E-state index contributed by atoms with van der Waals surface area (Å²) in [6.07, 6.45) is 6.67. The van der Waals surface area contributed by atoms with E-state index in [1.807, 2.05) is 46.2 Å². The first kappa shape index (κ1) is 31.5. The van der Waals surface area contributed by atoms with Crippen LogP contribution >= 0.6 is 0 Å². The van der Waals surface area contributed by atoms with Gasteiger partial charge in [0.05, 0.1) is 23.6 Å². The molecule has 2 aromatic carbocycles. The van der Waals surface area contributed by atoms with Gasteiger partial charge in [-0.05, 0) is 80.1 Å². The van der Waals surface area contributed by atoms with E-state index in [4.69, 9.17) is 9.15 Å². The molecule has 13 heteroatoms. The fourth-order valence-corrected chi connectivity index (χ4v) is 7.98. The topological polar surface area (TPSA) is 133 Å². The van der Waals surface area contributed by atoms with Gasteiger partial charge in [-0.3, -0.25) is 19.6 Å². The minimum absolute atomic E-state index is 0.0997. The van der Waals surface area contributed by atoms with Gasteiger partial charge in [-0.2, -0.15) is 9.78 Å². The lowest BCUT2D eigenvalue weighted by molar-refractivity contribution is -0.132. The van der Waals surface area contributed by atoms with Gasteiger partial charge in [-0.25, -0.2) is 4.79 Å². The Morgan fingerprint density at radius 3 is 2.51 bits per heavy atom.